The number of hydrogen-bond donors (Lipinski definition) is 2. The SMILES string of the molecule is Cc1n[nH]c(C)c1C(=O)NCC1CCCS1. The van der Waals surface area contributed by atoms with Crippen LogP contribution < -0.4 is 5.32 Å². The molecule has 1 aromatic rings. The molecule has 16 heavy (non-hydrogen) atoms. The Morgan fingerprint density at radius 1 is 1.62 bits per heavy atom. The highest BCUT2D eigenvalue weighted by molar-refractivity contribution is 8.00. The molecule has 1 unspecified atom stereocenters. The molecule has 5 heteroatoms. The second kappa shape index (κ2) is 4.91. The second-order valence-corrected chi connectivity index (χ2v) is 5.56. The van der Waals surface area contributed by atoms with E-state index in [1.807, 2.05) is 25.6 Å². The van der Waals surface area contributed by atoms with E-state index >= 15 is 0 Å². The Balaban J connectivity index is 1.92. The first-order valence-corrected chi connectivity index (χ1v) is 6.64. The molecule has 1 fully saturated rings. The van der Waals surface area contributed by atoms with Gasteiger partial charge < -0.3 is 5.32 Å². The molecule has 0 radical (unpaired) electrons. The second-order valence-electron chi connectivity index (χ2n) is 4.15. The van der Waals surface area contributed by atoms with Crippen LogP contribution in [0, 0.1) is 13.8 Å². The van der Waals surface area contributed by atoms with Gasteiger partial charge in [0.2, 0.25) is 0 Å². The number of nitrogens with zero attached hydrogens (tertiary/aromatic N) is 1. The van der Waals surface area contributed by atoms with Crippen LogP contribution in [-0.2, 0) is 0 Å². The minimum Gasteiger partial charge on any atom is -0.351 e. The number of amides is 1. The van der Waals surface area contributed by atoms with Gasteiger partial charge in [-0.1, -0.05) is 0 Å². The quantitative estimate of drug-likeness (QED) is 0.843. The standard InChI is InChI=1S/C11H17N3OS/c1-7-10(8(2)14-13-7)11(15)12-6-9-4-3-5-16-9/h9H,3-6H2,1-2H3,(H,12,15)(H,13,14). The number of thioether (sulfide) groups is 1. The summed E-state index contributed by atoms with van der Waals surface area (Å²) in [7, 11) is 0. The van der Waals surface area contributed by atoms with E-state index in [1.54, 1.807) is 0 Å². The Bertz CT molecular complexity index is 363. The molecule has 2 N–H and O–H groups in total. The Hall–Kier alpha value is -0.970. The molecule has 1 aromatic heterocycles. The summed E-state index contributed by atoms with van der Waals surface area (Å²) in [6.07, 6.45) is 2.49. The van der Waals surface area contributed by atoms with Gasteiger partial charge in [-0.05, 0) is 32.4 Å². The average Bonchev–Trinajstić information content (AvgIpc) is 2.86. The molecule has 1 saturated heterocycles. The number of nitrogens with one attached hydrogen (secondary N) is 2. The van der Waals surface area contributed by atoms with Gasteiger partial charge in [0.05, 0.1) is 11.3 Å². The lowest BCUT2D eigenvalue weighted by atomic mass is 10.2. The zero-order valence-corrected chi connectivity index (χ0v) is 10.5. The van der Waals surface area contributed by atoms with Crippen molar-refractivity contribution in [3.05, 3.63) is 17.0 Å². The third-order valence-corrected chi connectivity index (χ3v) is 4.27. The molecule has 2 heterocycles. The Morgan fingerprint density at radius 2 is 2.44 bits per heavy atom. The summed E-state index contributed by atoms with van der Waals surface area (Å²) in [5.41, 5.74) is 2.31. The van der Waals surface area contributed by atoms with Crippen molar-refractivity contribution in [3.8, 4) is 0 Å². The number of aromatic nitrogens is 2. The molecule has 0 saturated carbocycles. The van der Waals surface area contributed by atoms with E-state index in [0.717, 1.165) is 17.9 Å². The number of hydrogen-bond acceptors (Lipinski definition) is 3. The van der Waals surface area contributed by atoms with E-state index in [2.05, 4.69) is 15.5 Å². The van der Waals surface area contributed by atoms with Crippen LogP contribution in [0.15, 0.2) is 0 Å². The van der Waals surface area contributed by atoms with Gasteiger partial charge in [-0.15, -0.1) is 0 Å². The fraction of sp³-hybridized carbons (Fsp3) is 0.636. The van der Waals surface area contributed by atoms with Gasteiger partial charge in [0.15, 0.2) is 0 Å². The molecule has 0 aliphatic carbocycles. The van der Waals surface area contributed by atoms with Crippen LogP contribution in [-0.4, -0.2) is 33.7 Å². The van der Waals surface area contributed by atoms with Crippen LogP contribution in [0.25, 0.3) is 0 Å². The summed E-state index contributed by atoms with van der Waals surface area (Å²) in [5, 5.41) is 10.4. The van der Waals surface area contributed by atoms with Crippen LogP contribution in [0.2, 0.25) is 0 Å². The third-order valence-electron chi connectivity index (χ3n) is 2.87. The van der Waals surface area contributed by atoms with Crippen molar-refractivity contribution in [2.24, 2.45) is 0 Å². The minimum atomic E-state index is -0.00347. The fourth-order valence-corrected chi connectivity index (χ4v) is 3.19. The average molecular weight is 239 g/mol. The monoisotopic (exact) mass is 239 g/mol. The van der Waals surface area contributed by atoms with Crippen molar-refractivity contribution in [3.63, 3.8) is 0 Å². The van der Waals surface area contributed by atoms with E-state index in [0.29, 0.717) is 10.8 Å². The lowest BCUT2D eigenvalue weighted by molar-refractivity contribution is 0.0952. The lowest BCUT2D eigenvalue weighted by Crippen LogP contribution is -2.30. The largest absolute Gasteiger partial charge is 0.351 e. The number of rotatable bonds is 3. The maximum atomic E-state index is 11.9. The summed E-state index contributed by atoms with van der Waals surface area (Å²) in [6.45, 7) is 4.50. The van der Waals surface area contributed by atoms with Crippen molar-refractivity contribution in [1.29, 1.82) is 0 Å². The zero-order chi connectivity index (χ0) is 11.5. The predicted octanol–water partition coefficient (Wildman–Crippen LogP) is 1.65. The molecule has 0 aromatic carbocycles. The Morgan fingerprint density at radius 3 is 3.00 bits per heavy atom. The van der Waals surface area contributed by atoms with Crippen LogP contribution in [0.1, 0.15) is 34.6 Å². The van der Waals surface area contributed by atoms with Gasteiger partial charge in [-0.25, -0.2) is 0 Å². The van der Waals surface area contributed by atoms with E-state index in [1.165, 1.54) is 18.6 Å². The molecule has 1 aliphatic rings. The number of carbonyl (C=O) groups excluding carboxylic acids is 1. The minimum absolute atomic E-state index is 0.00347. The Kier molecular flexibility index (Phi) is 3.53. The predicted molar refractivity (Wildman–Crippen MR) is 65.9 cm³/mol. The Labute approximate surface area is 99.6 Å². The van der Waals surface area contributed by atoms with Crippen LogP contribution >= 0.6 is 11.8 Å². The third kappa shape index (κ3) is 2.40. The van der Waals surface area contributed by atoms with Gasteiger partial charge in [-0.2, -0.15) is 16.9 Å². The van der Waals surface area contributed by atoms with Crippen LogP contribution in [0.3, 0.4) is 0 Å². The molecule has 2 rings (SSSR count). The fourth-order valence-electron chi connectivity index (χ4n) is 1.99. The van der Waals surface area contributed by atoms with E-state index < -0.39 is 0 Å². The number of aryl methyl sites for hydroxylation is 2. The summed E-state index contributed by atoms with van der Waals surface area (Å²) in [6, 6.07) is 0. The van der Waals surface area contributed by atoms with E-state index in [9.17, 15) is 4.79 Å². The molecule has 1 amide bonds. The van der Waals surface area contributed by atoms with Gasteiger partial charge >= 0.3 is 0 Å². The highest BCUT2D eigenvalue weighted by Gasteiger charge is 2.19. The first-order chi connectivity index (χ1) is 7.68. The highest BCUT2D eigenvalue weighted by atomic mass is 32.2. The molecule has 0 spiro atoms. The van der Waals surface area contributed by atoms with Crippen molar-refractivity contribution in [2.45, 2.75) is 31.9 Å². The maximum absolute atomic E-state index is 11.9. The van der Waals surface area contributed by atoms with Crippen LogP contribution in [0.5, 0.6) is 0 Å². The van der Waals surface area contributed by atoms with E-state index in [4.69, 9.17) is 0 Å². The highest BCUT2D eigenvalue weighted by Crippen LogP contribution is 2.25. The van der Waals surface area contributed by atoms with Gasteiger partial charge in [0.25, 0.3) is 5.91 Å². The number of H-pyrrole nitrogens is 1. The molecular formula is C11H17N3OS. The molecule has 4 nitrogen and oxygen atoms in total. The smallest absolute Gasteiger partial charge is 0.255 e. The van der Waals surface area contributed by atoms with Crippen molar-refractivity contribution in [1.82, 2.24) is 15.5 Å². The summed E-state index contributed by atoms with van der Waals surface area (Å²) in [4.78, 5) is 11.9. The molecule has 88 valence electrons. The number of aromatic amines is 1. The van der Waals surface area contributed by atoms with Gasteiger partial charge in [0.1, 0.15) is 0 Å². The zero-order valence-electron chi connectivity index (χ0n) is 9.67. The maximum Gasteiger partial charge on any atom is 0.255 e. The topological polar surface area (TPSA) is 57.8 Å². The van der Waals surface area contributed by atoms with Crippen LogP contribution in [0.4, 0.5) is 0 Å². The van der Waals surface area contributed by atoms with Crippen molar-refractivity contribution in [2.75, 3.05) is 12.3 Å². The summed E-state index contributed by atoms with van der Waals surface area (Å²) >= 11 is 1.95. The first-order valence-electron chi connectivity index (χ1n) is 5.60. The molecular weight excluding hydrogens is 222 g/mol. The number of carbonyl (C=O) groups is 1. The normalized spacial score (nSPS) is 20.0. The molecule has 1 aliphatic heterocycles. The van der Waals surface area contributed by atoms with E-state index in [-0.39, 0.29) is 5.91 Å². The summed E-state index contributed by atoms with van der Waals surface area (Å²) < 4.78 is 0. The van der Waals surface area contributed by atoms with Crippen molar-refractivity contribution >= 4 is 17.7 Å². The van der Waals surface area contributed by atoms with Gasteiger partial charge in [-0.3, -0.25) is 9.89 Å². The van der Waals surface area contributed by atoms with Gasteiger partial charge in [0, 0.05) is 17.5 Å². The molecule has 1 atom stereocenters. The summed E-state index contributed by atoms with van der Waals surface area (Å²) in [5.74, 6) is 1.22. The first kappa shape index (κ1) is 11.5. The van der Waals surface area contributed by atoms with Crippen molar-refractivity contribution < 1.29 is 4.79 Å². The molecule has 0 bridgehead atoms. The lowest BCUT2D eigenvalue weighted by Gasteiger charge is -2.10.